The van der Waals surface area contributed by atoms with Gasteiger partial charge in [0.15, 0.2) is 0 Å². The van der Waals surface area contributed by atoms with Gasteiger partial charge < -0.3 is 23.4 Å². The van der Waals surface area contributed by atoms with Gasteiger partial charge in [-0.1, -0.05) is 109 Å². The number of ether oxygens (including phenoxy) is 4. The van der Waals surface area contributed by atoms with Gasteiger partial charge in [0.2, 0.25) is 0 Å². The van der Waals surface area contributed by atoms with Crippen LogP contribution in [0.25, 0.3) is 0 Å². The molecule has 1 unspecified atom stereocenters. The van der Waals surface area contributed by atoms with Crippen molar-refractivity contribution in [1.82, 2.24) is 0 Å². The summed E-state index contributed by atoms with van der Waals surface area (Å²) in [5, 5.41) is 2.47. The summed E-state index contributed by atoms with van der Waals surface area (Å²) in [5.41, 5.74) is 1.10. The molecule has 0 saturated heterocycles. The SMILES string of the molecule is COCOCCC(C/C(Br)=C\CO[Si](c1ccccc1)(c1ccccc1)C(C)(C)C)OCc1ccc(OC)cc1. The molecule has 0 saturated carbocycles. The summed E-state index contributed by atoms with van der Waals surface area (Å²) in [6.45, 7) is 8.72. The molecule has 0 aliphatic heterocycles. The Morgan fingerprint density at radius 1 is 0.875 bits per heavy atom. The number of hydrogen-bond donors (Lipinski definition) is 0. The molecule has 216 valence electrons. The highest BCUT2D eigenvalue weighted by molar-refractivity contribution is 9.11. The highest BCUT2D eigenvalue weighted by Crippen LogP contribution is 2.37. The van der Waals surface area contributed by atoms with E-state index in [1.165, 1.54) is 10.4 Å². The third-order valence-corrected chi connectivity index (χ3v) is 12.5. The third-order valence-electron chi connectivity index (χ3n) is 6.87. The van der Waals surface area contributed by atoms with Crippen LogP contribution in [0, 0.1) is 0 Å². The van der Waals surface area contributed by atoms with Crippen LogP contribution in [0.2, 0.25) is 5.04 Å². The molecule has 0 bridgehead atoms. The summed E-state index contributed by atoms with van der Waals surface area (Å²) in [6, 6.07) is 29.4. The van der Waals surface area contributed by atoms with Crippen LogP contribution >= 0.6 is 15.9 Å². The summed E-state index contributed by atoms with van der Waals surface area (Å²) in [4.78, 5) is 0. The Bertz CT molecular complexity index is 1110. The van der Waals surface area contributed by atoms with E-state index in [-0.39, 0.29) is 17.9 Å². The van der Waals surface area contributed by atoms with Crippen LogP contribution in [0.1, 0.15) is 39.2 Å². The first-order chi connectivity index (χ1) is 19.3. The van der Waals surface area contributed by atoms with Crippen molar-refractivity contribution in [2.45, 2.75) is 51.4 Å². The predicted octanol–water partition coefficient (Wildman–Crippen LogP) is 6.84. The lowest BCUT2D eigenvalue weighted by atomic mass is 10.1. The van der Waals surface area contributed by atoms with Gasteiger partial charge in [-0.05, 0) is 50.1 Å². The molecule has 0 radical (unpaired) electrons. The number of hydrogen-bond acceptors (Lipinski definition) is 5. The van der Waals surface area contributed by atoms with E-state index < -0.39 is 8.32 Å². The van der Waals surface area contributed by atoms with Crippen LogP contribution in [0.3, 0.4) is 0 Å². The average molecular weight is 628 g/mol. The van der Waals surface area contributed by atoms with Crippen LogP contribution < -0.4 is 15.1 Å². The molecule has 40 heavy (non-hydrogen) atoms. The van der Waals surface area contributed by atoms with Crippen molar-refractivity contribution in [3.63, 3.8) is 0 Å². The van der Waals surface area contributed by atoms with Gasteiger partial charge in [-0.2, -0.15) is 0 Å². The fourth-order valence-electron chi connectivity index (χ4n) is 4.86. The van der Waals surface area contributed by atoms with E-state index in [0.717, 1.165) is 28.6 Å². The minimum absolute atomic E-state index is 0.0301. The monoisotopic (exact) mass is 626 g/mol. The Balaban J connectivity index is 1.74. The number of rotatable bonds is 16. The molecule has 5 nitrogen and oxygen atoms in total. The van der Waals surface area contributed by atoms with E-state index in [4.69, 9.17) is 23.4 Å². The Labute approximate surface area is 249 Å². The Morgan fingerprint density at radius 2 is 1.48 bits per heavy atom. The maximum Gasteiger partial charge on any atom is 0.261 e. The van der Waals surface area contributed by atoms with Crippen molar-refractivity contribution >= 4 is 34.6 Å². The normalized spacial score (nSPS) is 13.3. The van der Waals surface area contributed by atoms with Gasteiger partial charge in [0.25, 0.3) is 8.32 Å². The Hall–Kier alpha value is -2.26. The first kappa shape index (κ1) is 32.3. The van der Waals surface area contributed by atoms with Crippen LogP contribution in [0.4, 0.5) is 0 Å². The van der Waals surface area contributed by atoms with E-state index in [0.29, 0.717) is 19.8 Å². The average Bonchev–Trinajstić information content (AvgIpc) is 2.96. The topological polar surface area (TPSA) is 46.2 Å². The van der Waals surface area contributed by atoms with Gasteiger partial charge in [0, 0.05) is 13.5 Å². The fourth-order valence-corrected chi connectivity index (χ4v) is 9.84. The van der Waals surface area contributed by atoms with Crippen molar-refractivity contribution < 1.29 is 23.4 Å². The van der Waals surface area contributed by atoms with Crippen LogP contribution in [0.15, 0.2) is 95.5 Å². The summed E-state index contributed by atoms with van der Waals surface area (Å²) in [7, 11) is 0.703. The van der Waals surface area contributed by atoms with Crippen molar-refractivity contribution in [1.29, 1.82) is 0 Å². The molecule has 0 aromatic heterocycles. The number of methoxy groups -OCH3 is 2. The number of benzene rings is 3. The zero-order valence-electron chi connectivity index (χ0n) is 24.4. The molecular formula is C33H43BrO5Si. The highest BCUT2D eigenvalue weighted by atomic mass is 79.9. The van der Waals surface area contributed by atoms with Gasteiger partial charge in [0.05, 0.1) is 33.0 Å². The fraction of sp³-hybridized carbons (Fsp3) is 0.394. The van der Waals surface area contributed by atoms with Crippen LogP contribution in [0.5, 0.6) is 5.75 Å². The minimum atomic E-state index is -2.59. The van der Waals surface area contributed by atoms with Gasteiger partial charge in [-0.3, -0.25) is 0 Å². The quantitative estimate of drug-likeness (QED) is 0.0990. The van der Waals surface area contributed by atoms with Gasteiger partial charge in [-0.25, -0.2) is 0 Å². The van der Waals surface area contributed by atoms with Crippen molar-refractivity contribution in [3.05, 3.63) is 101 Å². The third kappa shape index (κ3) is 9.13. The molecule has 0 aliphatic carbocycles. The predicted molar refractivity (Wildman–Crippen MR) is 169 cm³/mol. The van der Waals surface area contributed by atoms with E-state index >= 15 is 0 Å². The molecule has 1 atom stereocenters. The molecule has 0 heterocycles. The highest BCUT2D eigenvalue weighted by Gasteiger charge is 2.49. The molecule has 0 spiro atoms. The molecule has 0 amide bonds. The smallest absolute Gasteiger partial charge is 0.261 e. The van der Waals surface area contributed by atoms with Gasteiger partial charge in [0.1, 0.15) is 12.5 Å². The van der Waals surface area contributed by atoms with Crippen molar-refractivity contribution in [3.8, 4) is 5.75 Å². The summed E-state index contributed by atoms with van der Waals surface area (Å²) in [6.07, 6.45) is 3.57. The summed E-state index contributed by atoms with van der Waals surface area (Å²) >= 11 is 3.81. The summed E-state index contributed by atoms with van der Waals surface area (Å²) in [5.74, 6) is 0.833. The lowest BCUT2D eigenvalue weighted by Crippen LogP contribution is -2.66. The molecule has 7 heteroatoms. The number of halogens is 1. The largest absolute Gasteiger partial charge is 0.497 e. The van der Waals surface area contributed by atoms with Crippen molar-refractivity contribution in [2.75, 3.05) is 34.2 Å². The molecule has 3 rings (SSSR count). The van der Waals surface area contributed by atoms with Crippen LogP contribution in [-0.4, -0.2) is 48.6 Å². The first-order valence-electron chi connectivity index (χ1n) is 13.7. The van der Waals surface area contributed by atoms with Crippen molar-refractivity contribution in [2.24, 2.45) is 0 Å². The minimum Gasteiger partial charge on any atom is -0.497 e. The second kappa shape index (κ2) is 16.2. The molecule has 0 fully saturated rings. The Kier molecular flexibility index (Phi) is 13.1. The molecular weight excluding hydrogens is 584 g/mol. The van der Waals surface area contributed by atoms with Gasteiger partial charge >= 0.3 is 0 Å². The van der Waals surface area contributed by atoms with Gasteiger partial charge in [-0.15, -0.1) is 0 Å². The summed E-state index contributed by atoms with van der Waals surface area (Å²) < 4.78 is 30.3. The van der Waals surface area contributed by atoms with E-state index in [9.17, 15) is 0 Å². The molecule has 0 N–H and O–H groups in total. The van der Waals surface area contributed by atoms with E-state index in [2.05, 4.69) is 103 Å². The maximum absolute atomic E-state index is 7.02. The first-order valence-corrected chi connectivity index (χ1v) is 16.4. The van der Waals surface area contributed by atoms with Crippen LogP contribution in [-0.2, 0) is 25.2 Å². The lowest BCUT2D eigenvalue weighted by molar-refractivity contribution is -0.0495. The second-order valence-corrected chi connectivity index (χ2v) is 16.0. The zero-order valence-corrected chi connectivity index (χ0v) is 27.0. The lowest BCUT2D eigenvalue weighted by Gasteiger charge is -2.42. The maximum atomic E-state index is 7.02. The second-order valence-electron chi connectivity index (χ2n) is 10.7. The molecule has 3 aromatic carbocycles. The Morgan fingerprint density at radius 3 is 2.00 bits per heavy atom. The molecule has 0 aliphatic rings. The standard InChI is InChI=1S/C33H43BrO5Si/c1-33(2,3)40(31-12-8-6-9-13-31,32-14-10-7-11-15-32)39-23-20-28(34)24-30(21-22-37-26-35-4)38-25-27-16-18-29(36-5)19-17-27/h6-20,30H,21-26H2,1-5H3/b28-20+. The molecule has 3 aromatic rings. The zero-order chi connectivity index (χ0) is 28.8. The van der Waals surface area contributed by atoms with E-state index in [1.54, 1.807) is 14.2 Å². The van der Waals surface area contributed by atoms with E-state index in [1.807, 2.05) is 24.3 Å².